The number of amides is 3. The number of pyridine rings is 1. The van der Waals surface area contributed by atoms with Gasteiger partial charge in [-0.1, -0.05) is 32.3 Å². The number of urea groups is 1. The van der Waals surface area contributed by atoms with E-state index in [1.807, 2.05) is 12.1 Å². The standard InChI is InChI=1S/C23H30N4O3/c1-14(24)18-7-4-8-25-20(18)30-17-12-23(13-17)10-16(11-23)27-21(28)19(26-22(27)29)9-15-5-2-3-6-15/h4,7-8,15-17,19H,1-3,5-6,9-13,24H2,(H,26,29). The van der Waals surface area contributed by atoms with E-state index in [0.717, 1.165) is 37.7 Å². The molecule has 30 heavy (non-hydrogen) atoms. The van der Waals surface area contributed by atoms with Crippen molar-refractivity contribution in [3.8, 4) is 5.88 Å². The first-order chi connectivity index (χ1) is 14.4. The van der Waals surface area contributed by atoms with Crippen molar-refractivity contribution >= 4 is 17.6 Å². The van der Waals surface area contributed by atoms with Crippen LogP contribution in [0.2, 0.25) is 0 Å². The van der Waals surface area contributed by atoms with Gasteiger partial charge in [-0.15, -0.1) is 0 Å². The molecule has 5 rings (SSSR count). The van der Waals surface area contributed by atoms with Gasteiger partial charge in [-0.05, 0) is 55.6 Å². The Hall–Kier alpha value is -2.57. The van der Waals surface area contributed by atoms with E-state index >= 15 is 0 Å². The van der Waals surface area contributed by atoms with Gasteiger partial charge in [0.15, 0.2) is 0 Å². The molecule has 1 atom stereocenters. The zero-order chi connectivity index (χ0) is 20.9. The number of hydrogen-bond acceptors (Lipinski definition) is 5. The highest BCUT2D eigenvalue weighted by Gasteiger charge is 2.58. The number of nitrogens with two attached hydrogens (primary N) is 1. The fourth-order valence-electron chi connectivity index (χ4n) is 5.97. The molecule has 1 unspecified atom stereocenters. The number of imide groups is 1. The van der Waals surface area contributed by atoms with Gasteiger partial charge < -0.3 is 15.8 Å². The minimum atomic E-state index is -0.318. The quantitative estimate of drug-likeness (QED) is 0.702. The Labute approximate surface area is 177 Å². The van der Waals surface area contributed by atoms with Crippen LogP contribution in [0.3, 0.4) is 0 Å². The van der Waals surface area contributed by atoms with Crippen LogP contribution in [0, 0.1) is 11.3 Å². The molecule has 0 aromatic carbocycles. The van der Waals surface area contributed by atoms with E-state index < -0.39 is 0 Å². The number of rotatable bonds is 6. The number of hydrogen-bond donors (Lipinski definition) is 2. The third-order valence-corrected chi connectivity index (χ3v) is 7.52. The molecule has 160 valence electrons. The zero-order valence-corrected chi connectivity index (χ0v) is 17.3. The van der Waals surface area contributed by atoms with Gasteiger partial charge in [0.25, 0.3) is 5.91 Å². The molecule has 3 amide bonds. The summed E-state index contributed by atoms with van der Waals surface area (Å²) >= 11 is 0. The van der Waals surface area contributed by atoms with E-state index in [0.29, 0.717) is 17.5 Å². The van der Waals surface area contributed by atoms with E-state index in [1.54, 1.807) is 6.20 Å². The van der Waals surface area contributed by atoms with E-state index in [1.165, 1.54) is 30.6 Å². The molecule has 1 aromatic rings. The molecular weight excluding hydrogens is 380 g/mol. The SMILES string of the molecule is C=C(N)c1cccnc1OC1CC2(C1)CC(N1C(=O)NC(CC3CCCC3)C1=O)C2. The van der Waals surface area contributed by atoms with Crippen LogP contribution in [-0.2, 0) is 4.79 Å². The maximum absolute atomic E-state index is 12.9. The third-order valence-electron chi connectivity index (χ3n) is 7.52. The molecule has 4 aliphatic rings. The van der Waals surface area contributed by atoms with E-state index in [9.17, 15) is 9.59 Å². The second-order valence-corrected chi connectivity index (χ2v) is 9.69. The summed E-state index contributed by atoms with van der Waals surface area (Å²) < 4.78 is 6.06. The minimum absolute atomic E-state index is 0.0153. The molecule has 1 spiro atoms. The molecule has 7 nitrogen and oxygen atoms in total. The number of carbonyl (C=O) groups excluding carboxylic acids is 2. The fraction of sp³-hybridized carbons (Fsp3) is 0.609. The summed E-state index contributed by atoms with van der Waals surface area (Å²) in [6, 6.07) is 3.19. The van der Waals surface area contributed by atoms with E-state index in [-0.39, 0.29) is 35.5 Å². The molecule has 1 aliphatic heterocycles. The lowest BCUT2D eigenvalue weighted by Crippen LogP contribution is -2.60. The van der Waals surface area contributed by atoms with Crippen LogP contribution in [-0.4, -0.2) is 40.0 Å². The average molecular weight is 411 g/mol. The Bertz CT molecular complexity index is 865. The van der Waals surface area contributed by atoms with Crippen molar-refractivity contribution in [2.24, 2.45) is 17.1 Å². The number of carbonyl (C=O) groups is 2. The Kier molecular flexibility index (Phi) is 4.71. The summed E-state index contributed by atoms with van der Waals surface area (Å²) in [5, 5.41) is 2.94. The van der Waals surface area contributed by atoms with Crippen LogP contribution in [0.15, 0.2) is 24.9 Å². The van der Waals surface area contributed by atoms with Crippen molar-refractivity contribution in [2.75, 3.05) is 0 Å². The molecule has 3 N–H and O–H groups in total. The lowest BCUT2D eigenvalue weighted by Gasteiger charge is -2.58. The smallest absolute Gasteiger partial charge is 0.325 e. The van der Waals surface area contributed by atoms with Gasteiger partial charge in [-0.25, -0.2) is 9.78 Å². The lowest BCUT2D eigenvalue weighted by atomic mass is 9.52. The molecule has 3 saturated carbocycles. The molecule has 0 radical (unpaired) electrons. The highest BCUT2D eigenvalue weighted by atomic mass is 16.5. The second-order valence-electron chi connectivity index (χ2n) is 9.69. The zero-order valence-electron chi connectivity index (χ0n) is 17.3. The first kappa shape index (κ1) is 19.4. The van der Waals surface area contributed by atoms with E-state index in [4.69, 9.17) is 10.5 Å². The topological polar surface area (TPSA) is 97.6 Å². The van der Waals surface area contributed by atoms with Gasteiger partial charge in [0.05, 0.1) is 5.56 Å². The first-order valence-electron chi connectivity index (χ1n) is 11.1. The Morgan fingerprint density at radius 1 is 1.27 bits per heavy atom. The number of aromatic nitrogens is 1. The van der Waals surface area contributed by atoms with Crippen LogP contribution in [0.4, 0.5) is 4.79 Å². The number of nitrogens with zero attached hydrogens (tertiary/aromatic N) is 2. The molecule has 1 saturated heterocycles. The molecule has 0 bridgehead atoms. The van der Waals surface area contributed by atoms with Crippen molar-refractivity contribution in [1.29, 1.82) is 0 Å². The summed E-state index contributed by atoms with van der Waals surface area (Å²) in [7, 11) is 0. The molecule has 7 heteroatoms. The van der Waals surface area contributed by atoms with Gasteiger partial charge in [-0.3, -0.25) is 9.69 Å². The molecule has 1 aromatic heterocycles. The highest BCUT2D eigenvalue weighted by molar-refractivity contribution is 6.04. The van der Waals surface area contributed by atoms with Crippen LogP contribution in [0.1, 0.15) is 63.4 Å². The average Bonchev–Trinajstić information content (AvgIpc) is 3.25. The summed E-state index contributed by atoms with van der Waals surface area (Å²) in [6.07, 6.45) is 11.0. The molecular formula is C23H30N4O3. The molecule has 3 aliphatic carbocycles. The number of nitrogens with one attached hydrogen (secondary N) is 1. The van der Waals surface area contributed by atoms with Gasteiger partial charge in [-0.2, -0.15) is 0 Å². The summed E-state index contributed by atoms with van der Waals surface area (Å²) in [5.74, 6) is 1.10. The van der Waals surface area contributed by atoms with Crippen molar-refractivity contribution in [3.05, 3.63) is 30.5 Å². The Morgan fingerprint density at radius 3 is 2.70 bits per heavy atom. The monoisotopic (exact) mass is 410 g/mol. The molecule has 2 heterocycles. The summed E-state index contributed by atoms with van der Waals surface area (Å²) in [6.45, 7) is 3.78. The predicted molar refractivity (Wildman–Crippen MR) is 112 cm³/mol. The van der Waals surface area contributed by atoms with Gasteiger partial charge in [0.2, 0.25) is 5.88 Å². The lowest BCUT2D eigenvalue weighted by molar-refractivity contribution is -0.141. The first-order valence-corrected chi connectivity index (χ1v) is 11.1. The normalized spacial score (nSPS) is 33.3. The maximum atomic E-state index is 12.9. The van der Waals surface area contributed by atoms with Gasteiger partial charge in [0.1, 0.15) is 12.1 Å². The number of ether oxygens (including phenoxy) is 1. The van der Waals surface area contributed by atoms with Crippen LogP contribution < -0.4 is 15.8 Å². The maximum Gasteiger partial charge on any atom is 0.325 e. The van der Waals surface area contributed by atoms with Crippen LogP contribution in [0.5, 0.6) is 5.88 Å². The van der Waals surface area contributed by atoms with Crippen molar-refractivity contribution in [3.63, 3.8) is 0 Å². The van der Waals surface area contributed by atoms with Crippen molar-refractivity contribution in [1.82, 2.24) is 15.2 Å². The summed E-state index contributed by atoms with van der Waals surface area (Å²) in [4.78, 5) is 31.1. The fourth-order valence-corrected chi connectivity index (χ4v) is 5.97. The largest absolute Gasteiger partial charge is 0.474 e. The van der Waals surface area contributed by atoms with Gasteiger partial charge >= 0.3 is 6.03 Å². The van der Waals surface area contributed by atoms with Crippen molar-refractivity contribution in [2.45, 2.75) is 76.0 Å². The van der Waals surface area contributed by atoms with Crippen LogP contribution >= 0.6 is 0 Å². The summed E-state index contributed by atoms with van der Waals surface area (Å²) in [5.41, 5.74) is 7.20. The minimum Gasteiger partial charge on any atom is -0.474 e. The van der Waals surface area contributed by atoms with Gasteiger partial charge in [0, 0.05) is 17.9 Å². The Morgan fingerprint density at radius 2 is 2.00 bits per heavy atom. The highest BCUT2D eigenvalue weighted by Crippen LogP contribution is 2.58. The third kappa shape index (κ3) is 3.34. The predicted octanol–water partition coefficient (Wildman–Crippen LogP) is 3.20. The molecule has 4 fully saturated rings. The van der Waals surface area contributed by atoms with E-state index in [2.05, 4.69) is 16.9 Å². The van der Waals surface area contributed by atoms with Crippen molar-refractivity contribution < 1.29 is 14.3 Å². The second kappa shape index (κ2) is 7.29. The van der Waals surface area contributed by atoms with Crippen LogP contribution in [0.25, 0.3) is 5.70 Å². The Balaban J connectivity index is 1.13.